The van der Waals surface area contributed by atoms with E-state index in [2.05, 4.69) is 10.1 Å². The van der Waals surface area contributed by atoms with Crippen molar-refractivity contribution in [2.24, 2.45) is 0 Å². The summed E-state index contributed by atoms with van der Waals surface area (Å²) in [5.74, 6) is 0.519. The summed E-state index contributed by atoms with van der Waals surface area (Å²) in [5, 5.41) is 5.92. The first kappa shape index (κ1) is 15.8. The summed E-state index contributed by atoms with van der Waals surface area (Å²) in [4.78, 5) is 19.1. The van der Waals surface area contributed by atoms with Crippen LogP contribution in [0.1, 0.15) is 11.8 Å². The Morgan fingerprint density at radius 3 is 2.92 bits per heavy atom. The molecule has 128 valence electrons. The Morgan fingerprint density at radius 2 is 2.16 bits per heavy atom. The average molecular weight is 359 g/mol. The van der Waals surface area contributed by atoms with Gasteiger partial charge in [-0.3, -0.25) is 4.79 Å². The van der Waals surface area contributed by atoms with E-state index in [0.29, 0.717) is 24.8 Å². The predicted octanol–water partition coefficient (Wildman–Crippen LogP) is 2.94. The predicted molar refractivity (Wildman–Crippen MR) is 88.8 cm³/mol. The zero-order chi connectivity index (χ0) is 17.2. The van der Waals surface area contributed by atoms with E-state index in [1.807, 2.05) is 17.5 Å². The summed E-state index contributed by atoms with van der Waals surface area (Å²) >= 11 is 1.54. The normalized spacial score (nSPS) is 14.4. The third-order valence-corrected chi connectivity index (χ3v) is 4.82. The van der Waals surface area contributed by atoms with E-state index in [1.54, 1.807) is 28.4 Å². The highest BCUT2D eigenvalue weighted by atomic mass is 32.1. The van der Waals surface area contributed by atoms with Crippen LogP contribution in [0.15, 0.2) is 46.3 Å². The number of nitrogens with zero attached hydrogens (tertiary/aromatic N) is 3. The molecule has 0 spiro atoms. The van der Waals surface area contributed by atoms with Gasteiger partial charge in [0.2, 0.25) is 11.7 Å². The Bertz CT molecular complexity index is 875. The molecule has 0 unspecified atom stereocenters. The van der Waals surface area contributed by atoms with E-state index in [0.717, 1.165) is 4.88 Å². The number of hydrogen-bond donors (Lipinski definition) is 0. The molecule has 0 radical (unpaired) electrons. The van der Waals surface area contributed by atoms with Gasteiger partial charge >= 0.3 is 0 Å². The lowest BCUT2D eigenvalue weighted by Gasteiger charge is -2.36. The number of benzene rings is 1. The molecule has 0 saturated carbocycles. The van der Waals surface area contributed by atoms with Gasteiger partial charge in [0.1, 0.15) is 0 Å². The smallest absolute Gasteiger partial charge is 0.260 e. The first-order valence-electron chi connectivity index (χ1n) is 7.73. The fourth-order valence-electron chi connectivity index (χ4n) is 2.54. The second-order valence-corrected chi connectivity index (χ2v) is 6.60. The van der Waals surface area contributed by atoms with Gasteiger partial charge in [-0.25, -0.2) is 4.39 Å². The molecule has 8 heteroatoms. The number of thiophene rings is 1. The van der Waals surface area contributed by atoms with Crippen molar-refractivity contribution in [2.75, 3.05) is 19.7 Å². The molecule has 0 N–H and O–H groups in total. The number of hydrogen-bond acceptors (Lipinski definition) is 6. The highest BCUT2D eigenvalue weighted by Crippen LogP contribution is 2.29. The second kappa shape index (κ2) is 6.64. The Morgan fingerprint density at radius 1 is 1.32 bits per heavy atom. The SMILES string of the molecule is O=C(COc1ccccc1F)N1CC(c2nc(-c3cccs3)no2)C1. The molecular formula is C17H14FN3O3S. The van der Waals surface area contributed by atoms with Crippen molar-refractivity contribution in [3.63, 3.8) is 0 Å². The molecule has 3 heterocycles. The van der Waals surface area contributed by atoms with Gasteiger partial charge in [-0.2, -0.15) is 4.98 Å². The molecule has 6 nitrogen and oxygen atoms in total. The van der Waals surface area contributed by atoms with Crippen LogP contribution >= 0.6 is 11.3 Å². The zero-order valence-corrected chi connectivity index (χ0v) is 13.9. The first-order valence-corrected chi connectivity index (χ1v) is 8.61. The lowest BCUT2D eigenvalue weighted by molar-refractivity contribution is -0.138. The number of likely N-dealkylation sites (tertiary alicyclic amines) is 1. The molecule has 1 amide bonds. The first-order chi connectivity index (χ1) is 12.2. The number of rotatable bonds is 5. The van der Waals surface area contributed by atoms with Gasteiger partial charge in [-0.05, 0) is 23.6 Å². The number of aromatic nitrogens is 2. The summed E-state index contributed by atoms with van der Waals surface area (Å²) in [6.07, 6.45) is 0. The number of amides is 1. The largest absolute Gasteiger partial charge is 0.481 e. The molecule has 25 heavy (non-hydrogen) atoms. The molecule has 0 bridgehead atoms. The van der Waals surface area contributed by atoms with Crippen LogP contribution in [0.3, 0.4) is 0 Å². The molecule has 2 aromatic heterocycles. The number of carbonyl (C=O) groups is 1. The fourth-order valence-corrected chi connectivity index (χ4v) is 3.19. The molecule has 3 aromatic rings. The Hall–Kier alpha value is -2.74. The van der Waals surface area contributed by atoms with Crippen molar-refractivity contribution >= 4 is 17.2 Å². The summed E-state index contributed by atoms with van der Waals surface area (Å²) in [6, 6.07) is 9.86. The van der Waals surface area contributed by atoms with Gasteiger partial charge in [-0.15, -0.1) is 11.3 Å². The third kappa shape index (κ3) is 3.25. The standard InChI is InChI=1S/C17H14FN3O3S/c18-12-4-1-2-5-13(12)23-10-15(22)21-8-11(9-21)17-19-16(20-24-17)14-6-3-7-25-14/h1-7,11H,8-10H2. The van der Waals surface area contributed by atoms with Gasteiger partial charge in [-0.1, -0.05) is 23.4 Å². The average Bonchev–Trinajstić information content (AvgIpc) is 3.24. The second-order valence-electron chi connectivity index (χ2n) is 5.65. The van der Waals surface area contributed by atoms with Gasteiger partial charge in [0.05, 0.1) is 10.8 Å². The monoisotopic (exact) mass is 359 g/mol. The molecule has 1 saturated heterocycles. The van der Waals surface area contributed by atoms with Crippen LogP contribution in [-0.4, -0.2) is 40.6 Å². The Kier molecular flexibility index (Phi) is 4.19. The molecule has 1 aliphatic heterocycles. The highest BCUT2D eigenvalue weighted by molar-refractivity contribution is 7.13. The minimum atomic E-state index is -0.483. The maximum Gasteiger partial charge on any atom is 0.260 e. The fraction of sp³-hybridized carbons (Fsp3) is 0.235. The van der Waals surface area contributed by atoms with Crippen molar-refractivity contribution in [3.05, 3.63) is 53.5 Å². The molecule has 4 rings (SSSR count). The van der Waals surface area contributed by atoms with Crippen molar-refractivity contribution in [1.82, 2.24) is 15.0 Å². The van der Waals surface area contributed by atoms with E-state index in [1.165, 1.54) is 12.1 Å². The summed E-state index contributed by atoms with van der Waals surface area (Å²) in [7, 11) is 0. The van der Waals surface area contributed by atoms with E-state index >= 15 is 0 Å². The minimum Gasteiger partial charge on any atom is -0.481 e. The molecule has 0 atom stereocenters. The lowest BCUT2D eigenvalue weighted by atomic mass is 10.0. The zero-order valence-electron chi connectivity index (χ0n) is 13.1. The van der Waals surface area contributed by atoms with Gasteiger partial charge in [0.25, 0.3) is 5.91 Å². The van der Waals surface area contributed by atoms with Crippen LogP contribution in [0.4, 0.5) is 4.39 Å². The molecule has 1 fully saturated rings. The Labute approximate surface area is 146 Å². The molecule has 1 aromatic carbocycles. The van der Waals surface area contributed by atoms with Crippen molar-refractivity contribution < 1.29 is 18.4 Å². The summed E-state index contributed by atoms with van der Waals surface area (Å²) in [6.45, 7) is 0.787. The topological polar surface area (TPSA) is 68.5 Å². The quantitative estimate of drug-likeness (QED) is 0.701. The van der Waals surface area contributed by atoms with Crippen LogP contribution in [0.5, 0.6) is 5.75 Å². The third-order valence-electron chi connectivity index (χ3n) is 3.95. The minimum absolute atomic E-state index is 0.0265. The van der Waals surface area contributed by atoms with E-state index in [4.69, 9.17) is 9.26 Å². The Balaban J connectivity index is 1.30. The maximum atomic E-state index is 13.5. The maximum absolute atomic E-state index is 13.5. The molecule has 0 aliphatic carbocycles. The van der Waals surface area contributed by atoms with Crippen LogP contribution in [0.2, 0.25) is 0 Å². The van der Waals surface area contributed by atoms with Crippen LogP contribution < -0.4 is 4.74 Å². The van der Waals surface area contributed by atoms with E-state index in [9.17, 15) is 9.18 Å². The van der Waals surface area contributed by atoms with Crippen LogP contribution in [0, 0.1) is 5.82 Å². The van der Waals surface area contributed by atoms with Crippen molar-refractivity contribution in [3.8, 4) is 16.5 Å². The molecule has 1 aliphatic rings. The molecular weight excluding hydrogens is 345 g/mol. The number of halogens is 1. The highest BCUT2D eigenvalue weighted by Gasteiger charge is 2.35. The van der Waals surface area contributed by atoms with Crippen molar-refractivity contribution in [2.45, 2.75) is 5.92 Å². The lowest BCUT2D eigenvalue weighted by Crippen LogP contribution is -2.50. The number of para-hydroxylation sites is 1. The van der Waals surface area contributed by atoms with Gasteiger partial charge in [0.15, 0.2) is 18.2 Å². The number of ether oxygens (including phenoxy) is 1. The summed E-state index contributed by atoms with van der Waals surface area (Å²) in [5.41, 5.74) is 0. The summed E-state index contributed by atoms with van der Waals surface area (Å²) < 4.78 is 24.0. The van der Waals surface area contributed by atoms with E-state index in [-0.39, 0.29) is 24.2 Å². The van der Waals surface area contributed by atoms with Crippen molar-refractivity contribution in [1.29, 1.82) is 0 Å². The van der Waals surface area contributed by atoms with Crippen LogP contribution in [0.25, 0.3) is 10.7 Å². The number of carbonyl (C=O) groups excluding carboxylic acids is 1. The van der Waals surface area contributed by atoms with Crippen LogP contribution in [-0.2, 0) is 4.79 Å². The van der Waals surface area contributed by atoms with Gasteiger partial charge < -0.3 is 14.2 Å². The van der Waals surface area contributed by atoms with E-state index < -0.39 is 5.82 Å². The van der Waals surface area contributed by atoms with Gasteiger partial charge in [0, 0.05) is 13.1 Å².